The van der Waals surface area contributed by atoms with Gasteiger partial charge in [0.2, 0.25) is 5.54 Å². The van der Waals surface area contributed by atoms with Crippen LogP contribution in [0.5, 0.6) is 0 Å². The highest BCUT2D eigenvalue weighted by molar-refractivity contribution is 6.18. The van der Waals surface area contributed by atoms with Crippen LogP contribution in [0.1, 0.15) is 11.1 Å². The monoisotopic (exact) mass is 260 g/mol. The van der Waals surface area contributed by atoms with Crippen molar-refractivity contribution in [3.8, 4) is 0 Å². The Bertz CT molecular complexity index is 556. The molecule has 0 bridgehead atoms. The highest BCUT2D eigenvalue weighted by Gasteiger charge is 2.51. The average molecular weight is 260 g/mol. The minimum absolute atomic E-state index is 0.187. The Hall–Kier alpha value is -2.09. The summed E-state index contributed by atoms with van der Waals surface area (Å²) in [7, 11) is 0. The summed E-state index contributed by atoms with van der Waals surface area (Å²) in [6.07, 6.45) is -4.58. The summed E-state index contributed by atoms with van der Waals surface area (Å²) in [5.74, 6) is -2.69. The Labute approximate surface area is 98.4 Å². The fourth-order valence-corrected chi connectivity index (χ4v) is 1.72. The van der Waals surface area contributed by atoms with E-state index in [4.69, 9.17) is 10.8 Å². The number of carbonyl (C=O) groups excluding carboxylic acids is 1. The molecule has 8 heteroatoms. The van der Waals surface area contributed by atoms with Gasteiger partial charge in [0.15, 0.2) is 0 Å². The molecule has 18 heavy (non-hydrogen) atoms. The Morgan fingerprint density at radius 2 is 2.00 bits per heavy atom. The number of rotatable bonds is 1. The largest absolute Gasteiger partial charge is 0.479 e. The van der Waals surface area contributed by atoms with Gasteiger partial charge in [-0.2, -0.15) is 13.2 Å². The third kappa shape index (κ3) is 1.53. The third-order valence-corrected chi connectivity index (χ3v) is 2.72. The van der Waals surface area contributed by atoms with Crippen LogP contribution in [0, 0.1) is 0 Å². The van der Waals surface area contributed by atoms with E-state index in [1.54, 1.807) is 0 Å². The Kier molecular flexibility index (Phi) is 2.37. The molecule has 0 fully saturated rings. The van der Waals surface area contributed by atoms with Gasteiger partial charge in [0, 0.05) is 11.3 Å². The van der Waals surface area contributed by atoms with Crippen molar-refractivity contribution < 1.29 is 27.9 Å². The second kappa shape index (κ2) is 3.45. The number of carboxylic acids is 1. The van der Waals surface area contributed by atoms with Crippen molar-refractivity contribution >= 4 is 17.6 Å². The smallest absolute Gasteiger partial charge is 0.416 e. The van der Waals surface area contributed by atoms with Crippen molar-refractivity contribution in [2.24, 2.45) is 5.73 Å². The van der Waals surface area contributed by atoms with E-state index in [0.29, 0.717) is 12.1 Å². The van der Waals surface area contributed by atoms with Gasteiger partial charge in [-0.05, 0) is 12.1 Å². The van der Waals surface area contributed by atoms with Crippen molar-refractivity contribution in [2.75, 3.05) is 5.32 Å². The van der Waals surface area contributed by atoms with Crippen LogP contribution in [-0.4, -0.2) is 17.0 Å². The zero-order chi connectivity index (χ0) is 13.7. The molecule has 0 radical (unpaired) electrons. The molecule has 5 nitrogen and oxygen atoms in total. The highest BCUT2D eigenvalue weighted by atomic mass is 19.4. The first-order valence-electron chi connectivity index (χ1n) is 4.73. The third-order valence-electron chi connectivity index (χ3n) is 2.72. The van der Waals surface area contributed by atoms with Crippen LogP contribution < -0.4 is 11.1 Å². The van der Waals surface area contributed by atoms with Gasteiger partial charge in [-0.15, -0.1) is 0 Å². The lowest BCUT2D eigenvalue weighted by molar-refractivity contribution is -0.147. The maximum atomic E-state index is 12.4. The molecule has 4 N–H and O–H groups in total. The van der Waals surface area contributed by atoms with Gasteiger partial charge in [0.25, 0.3) is 5.91 Å². The number of amides is 1. The number of aliphatic carboxylic acids is 1. The zero-order valence-electron chi connectivity index (χ0n) is 8.71. The number of hydrogen-bond donors (Lipinski definition) is 3. The maximum absolute atomic E-state index is 12.4. The molecule has 1 aliphatic rings. The SMILES string of the molecule is N[C@@]1(C(=O)O)C(=O)Nc2cc(C(F)(F)F)ccc21. The quantitative estimate of drug-likeness (QED) is 0.654. The minimum atomic E-state index is -4.58. The second-order valence-electron chi connectivity index (χ2n) is 3.83. The summed E-state index contributed by atoms with van der Waals surface area (Å²) >= 11 is 0. The van der Waals surface area contributed by atoms with E-state index in [2.05, 4.69) is 0 Å². The van der Waals surface area contributed by atoms with Crippen LogP contribution in [0.25, 0.3) is 0 Å². The zero-order valence-corrected chi connectivity index (χ0v) is 8.71. The predicted molar refractivity (Wildman–Crippen MR) is 53.6 cm³/mol. The lowest BCUT2D eigenvalue weighted by Crippen LogP contribution is -2.50. The molecular formula is C10H7F3N2O3. The summed E-state index contributed by atoms with van der Waals surface area (Å²) in [5.41, 5.74) is 1.66. The summed E-state index contributed by atoms with van der Waals surface area (Å²) in [4.78, 5) is 22.4. The average Bonchev–Trinajstić information content (AvgIpc) is 2.51. The van der Waals surface area contributed by atoms with Crippen LogP contribution in [-0.2, 0) is 21.3 Å². The van der Waals surface area contributed by atoms with E-state index in [-0.39, 0.29) is 11.3 Å². The van der Waals surface area contributed by atoms with Gasteiger partial charge in [-0.1, -0.05) is 6.07 Å². The topological polar surface area (TPSA) is 92.4 Å². The molecule has 0 aliphatic carbocycles. The van der Waals surface area contributed by atoms with E-state index in [1.807, 2.05) is 5.32 Å². The molecule has 96 valence electrons. The first kappa shape index (κ1) is 12.4. The lowest BCUT2D eigenvalue weighted by atomic mass is 9.92. The van der Waals surface area contributed by atoms with E-state index in [9.17, 15) is 22.8 Å². The molecule has 0 saturated heterocycles. The van der Waals surface area contributed by atoms with E-state index >= 15 is 0 Å². The fourth-order valence-electron chi connectivity index (χ4n) is 1.72. The predicted octanol–water partition coefficient (Wildman–Crippen LogP) is 0.896. The normalized spacial score (nSPS) is 22.6. The van der Waals surface area contributed by atoms with Crippen molar-refractivity contribution in [2.45, 2.75) is 11.7 Å². The van der Waals surface area contributed by atoms with Gasteiger partial charge in [0.05, 0.1) is 5.56 Å². The highest BCUT2D eigenvalue weighted by Crippen LogP contribution is 2.38. The van der Waals surface area contributed by atoms with Gasteiger partial charge in [-0.25, -0.2) is 4.79 Å². The molecule has 1 amide bonds. The Balaban J connectivity index is 2.58. The molecule has 1 aromatic rings. The number of halogens is 3. The lowest BCUT2D eigenvalue weighted by Gasteiger charge is -2.16. The van der Waals surface area contributed by atoms with Gasteiger partial charge in [0.1, 0.15) is 0 Å². The molecule has 1 heterocycles. The van der Waals surface area contributed by atoms with Crippen LogP contribution >= 0.6 is 0 Å². The molecule has 2 rings (SSSR count). The van der Waals surface area contributed by atoms with Gasteiger partial charge >= 0.3 is 12.1 Å². The molecule has 0 aromatic heterocycles. The van der Waals surface area contributed by atoms with Gasteiger partial charge in [-0.3, -0.25) is 4.79 Å². The molecular weight excluding hydrogens is 253 g/mol. The number of carboxylic acid groups (broad SMARTS) is 1. The summed E-state index contributed by atoms with van der Waals surface area (Å²) < 4.78 is 37.3. The summed E-state index contributed by atoms with van der Waals surface area (Å²) in [6.45, 7) is 0. The molecule has 0 unspecified atom stereocenters. The van der Waals surface area contributed by atoms with Crippen LogP contribution in [0.15, 0.2) is 18.2 Å². The van der Waals surface area contributed by atoms with Crippen LogP contribution in [0.2, 0.25) is 0 Å². The molecule has 0 saturated carbocycles. The summed E-state index contributed by atoms with van der Waals surface area (Å²) in [5, 5.41) is 10.9. The van der Waals surface area contributed by atoms with Crippen LogP contribution in [0.4, 0.5) is 18.9 Å². The Morgan fingerprint density at radius 1 is 1.39 bits per heavy atom. The number of benzene rings is 1. The molecule has 1 atom stereocenters. The van der Waals surface area contributed by atoms with Crippen molar-refractivity contribution in [3.63, 3.8) is 0 Å². The van der Waals surface area contributed by atoms with Crippen molar-refractivity contribution in [1.29, 1.82) is 0 Å². The number of anilines is 1. The standard InChI is InChI=1S/C10H7F3N2O3/c11-10(12,13)4-1-2-5-6(3-4)15-7(16)9(5,14)8(17)18/h1-3H,14H2,(H,15,16)(H,17,18)/t9-/m1/s1. The molecule has 1 aliphatic heterocycles. The number of hydrogen-bond acceptors (Lipinski definition) is 3. The first-order chi connectivity index (χ1) is 8.17. The first-order valence-corrected chi connectivity index (χ1v) is 4.73. The minimum Gasteiger partial charge on any atom is -0.479 e. The van der Waals surface area contributed by atoms with E-state index in [0.717, 1.165) is 6.07 Å². The fraction of sp³-hybridized carbons (Fsp3) is 0.200. The van der Waals surface area contributed by atoms with E-state index < -0.39 is 29.2 Å². The van der Waals surface area contributed by atoms with Gasteiger partial charge < -0.3 is 16.2 Å². The maximum Gasteiger partial charge on any atom is 0.416 e. The summed E-state index contributed by atoms with van der Waals surface area (Å²) in [6, 6.07) is 2.23. The molecule has 1 aromatic carbocycles. The number of fused-ring (bicyclic) bond motifs is 1. The Morgan fingerprint density at radius 3 is 2.50 bits per heavy atom. The number of nitrogens with two attached hydrogens (primary N) is 1. The number of nitrogens with one attached hydrogen (secondary N) is 1. The van der Waals surface area contributed by atoms with Crippen LogP contribution in [0.3, 0.4) is 0 Å². The van der Waals surface area contributed by atoms with E-state index in [1.165, 1.54) is 0 Å². The number of carbonyl (C=O) groups is 2. The second-order valence-corrected chi connectivity index (χ2v) is 3.83. The number of alkyl halides is 3. The van der Waals surface area contributed by atoms with Crippen molar-refractivity contribution in [3.05, 3.63) is 29.3 Å². The molecule has 0 spiro atoms. The van der Waals surface area contributed by atoms with Crippen molar-refractivity contribution in [1.82, 2.24) is 0 Å².